The van der Waals surface area contributed by atoms with Crippen molar-refractivity contribution in [3.8, 4) is 23.0 Å². The molecule has 31 heavy (non-hydrogen) atoms. The van der Waals surface area contributed by atoms with Crippen LogP contribution in [0.5, 0.6) is 23.0 Å². The molecule has 2 aromatic carbocycles. The summed E-state index contributed by atoms with van der Waals surface area (Å²) in [7, 11) is 6.29. The van der Waals surface area contributed by atoms with Crippen molar-refractivity contribution in [2.75, 3.05) is 34.9 Å². The molecule has 0 radical (unpaired) electrons. The van der Waals surface area contributed by atoms with Gasteiger partial charge in [0.25, 0.3) is 0 Å². The molecule has 7 nitrogen and oxygen atoms in total. The van der Waals surface area contributed by atoms with Crippen molar-refractivity contribution < 1.29 is 32.1 Å². The van der Waals surface area contributed by atoms with Crippen LogP contribution in [-0.2, 0) is 13.0 Å². The van der Waals surface area contributed by atoms with Crippen LogP contribution in [0, 0.1) is 0 Å². The Morgan fingerprint density at radius 2 is 1.52 bits per heavy atom. The molecule has 0 amide bonds. The Morgan fingerprint density at radius 1 is 0.903 bits per heavy atom. The summed E-state index contributed by atoms with van der Waals surface area (Å²) in [5.74, 6) is 1.96. The second-order valence-corrected chi connectivity index (χ2v) is 6.33. The van der Waals surface area contributed by atoms with E-state index in [1.807, 2.05) is 12.1 Å². The van der Waals surface area contributed by atoms with E-state index < -0.39 is 6.36 Å². The third-order valence-electron chi connectivity index (χ3n) is 4.27. The predicted molar refractivity (Wildman–Crippen MR) is 111 cm³/mol. The standard InChI is InChI=1S/C21H26F3N3O4/c1-25-20(26-10-9-14-5-7-16(8-6-14)31-21(22,23)24)27-13-15-11-17(28-2)19(30-4)18(12-15)29-3/h5-8,11-12H,9-10,13H2,1-4H3,(H2,25,26,27). The number of alkyl halides is 3. The predicted octanol–water partition coefficient (Wildman–Crippen LogP) is 3.52. The highest BCUT2D eigenvalue weighted by Crippen LogP contribution is 2.38. The maximum Gasteiger partial charge on any atom is 0.573 e. The number of halogens is 3. The minimum Gasteiger partial charge on any atom is -0.493 e. The minimum atomic E-state index is -4.70. The van der Waals surface area contributed by atoms with Crippen LogP contribution in [0.25, 0.3) is 0 Å². The molecular formula is C21H26F3N3O4. The molecule has 10 heteroatoms. The van der Waals surface area contributed by atoms with Gasteiger partial charge in [0, 0.05) is 20.1 Å². The van der Waals surface area contributed by atoms with Crippen LogP contribution < -0.4 is 29.6 Å². The minimum absolute atomic E-state index is 0.243. The Kier molecular flexibility index (Phi) is 8.65. The van der Waals surface area contributed by atoms with E-state index in [1.165, 1.54) is 12.1 Å². The van der Waals surface area contributed by atoms with Gasteiger partial charge in [-0.2, -0.15) is 0 Å². The Bertz CT molecular complexity index is 846. The smallest absolute Gasteiger partial charge is 0.493 e. The van der Waals surface area contributed by atoms with Crippen LogP contribution in [0.1, 0.15) is 11.1 Å². The van der Waals surface area contributed by atoms with Crippen LogP contribution in [0.4, 0.5) is 13.2 Å². The average molecular weight is 441 g/mol. The molecular weight excluding hydrogens is 415 g/mol. The lowest BCUT2D eigenvalue weighted by molar-refractivity contribution is -0.274. The summed E-state index contributed by atoms with van der Waals surface area (Å²) in [5.41, 5.74) is 1.76. The first-order valence-electron chi connectivity index (χ1n) is 9.37. The number of hydrogen-bond acceptors (Lipinski definition) is 5. The Balaban J connectivity index is 1.88. The van der Waals surface area contributed by atoms with Crippen molar-refractivity contribution in [3.05, 3.63) is 47.5 Å². The average Bonchev–Trinajstić information content (AvgIpc) is 2.75. The molecule has 0 unspecified atom stereocenters. The molecule has 0 aliphatic heterocycles. The topological polar surface area (TPSA) is 73.3 Å². The summed E-state index contributed by atoms with van der Waals surface area (Å²) >= 11 is 0. The SMILES string of the molecule is CN=C(NCCc1ccc(OC(F)(F)F)cc1)NCc1cc(OC)c(OC)c(OC)c1. The molecule has 0 spiro atoms. The zero-order valence-corrected chi connectivity index (χ0v) is 17.8. The van der Waals surface area contributed by atoms with E-state index in [1.54, 1.807) is 40.5 Å². The summed E-state index contributed by atoms with van der Waals surface area (Å²) in [6, 6.07) is 9.45. The van der Waals surface area contributed by atoms with Gasteiger partial charge in [0.2, 0.25) is 5.75 Å². The first-order chi connectivity index (χ1) is 14.8. The maximum atomic E-state index is 12.2. The fraction of sp³-hybridized carbons (Fsp3) is 0.381. The van der Waals surface area contributed by atoms with Crippen molar-refractivity contribution in [2.24, 2.45) is 4.99 Å². The van der Waals surface area contributed by atoms with Crippen molar-refractivity contribution in [3.63, 3.8) is 0 Å². The number of nitrogens with zero attached hydrogens (tertiary/aromatic N) is 1. The van der Waals surface area contributed by atoms with Crippen LogP contribution in [0.2, 0.25) is 0 Å². The van der Waals surface area contributed by atoms with Crippen LogP contribution in [0.3, 0.4) is 0 Å². The molecule has 2 N–H and O–H groups in total. The number of ether oxygens (including phenoxy) is 4. The highest BCUT2D eigenvalue weighted by molar-refractivity contribution is 5.79. The number of guanidine groups is 1. The number of rotatable bonds is 9. The lowest BCUT2D eigenvalue weighted by Gasteiger charge is -2.16. The fourth-order valence-corrected chi connectivity index (χ4v) is 2.83. The van der Waals surface area contributed by atoms with Gasteiger partial charge < -0.3 is 29.6 Å². The quantitative estimate of drug-likeness (QED) is 0.458. The zero-order valence-electron chi connectivity index (χ0n) is 17.8. The lowest BCUT2D eigenvalue weighted by Crippen LogP contribution is -2.37. The number of methoxy groups -OCH3 is 3. The molecule has 0 heterocycles. The summed E-state index contributed by atoms with van der Waals surface area (Å²) in [6.45, 7) is 0.994. The van der Waals surface area contributed by atoms with Crippen LogP contribution >= 0.6 is 0 Å². The number of benzene rings is 2. The molecule has 2 rings (SSSR count). The van der Waals surface area contributed by atoms with Crippen LogP contribution in [0.15, 0.2) is 41.4 Å². The van der Waals surface area contributed by atoms with Gasteiger partial charge in [0.15, 0.2) is 17.5 Å². The van der Waals surface area contributed by atoms with Crippen LogP contribution in [-0.4, -0.2) is 47.2 Å². The molecule has 0 fully saturated rings. The third-order valence-corrected chi connectivity index (χ3v) is 4.27. The summed E-state index contributed by atoms with van der Waals surface area (Å²) < 4.78 is 56.5. The molecule has 2 aromatic rings. The zero-order chi connectivity index (χ0) is 22.9. The van der Waals surface area contributed by atoms with E-state index in [9.17, 15) is 13.2 Å². The van der Waals surface area contributed by atoms with Gasteiger partial charge >= 0.3 is 6.36 Å². The van der Waals surface area contributed by atoms with E-state index in [0.717, 1.165) is 11.1 Å². The lowest BCUT2D eigenvalue weighted by atomic mass is 10.1. The van der Waals surface area contributed by atoms with E-state index in [-0.39, 0.29) is 5.75 Å². The molecule has 0 aliphatic carbocycles. The van der Waals surface area contributed by atoms with Gasteiger partial charge in [-0.1, -0.05) is 12.1 Å². The first kappa shape index (κ1) is 24.0. The Morgan fingerprint density at radius 3 is 2.00 bits per heavy atom. The second kappa shape index (κ2) is 11.2. The van der Waals surface area contributed by atoms with Gasteiger partial charge in [-0.3, -0.25) is 4.99 Å². The van der Waals surface area contributed by atoms with Gasteiger partial charge in [-0.25, -0.2) is 0 Å². The summed E-state index contributed by atoms with van der Waals surface area (Å²) in [6.07, 6.45) is -4.10. The van der Waals surface area contributed by atoms with Gasteiger partial charge in [0.05, 0.1) is 21.3 Å². The number of hydrogen-bond donors (Lipinski definition) is 2. The van der Waals surface area contributed by atoms with E-state index >= 15 is 0 Å². The molecule has 0 atom stereocenters. The highest BCUT2D eigenvalue weighted by atomic mass is 19.4. The van der Waals surface area contributed by atoms with Gasteiger partial charge in [-0.05, 0) is 41.8 Å². The van der Waals surface area contributed by atoms with Crippen molar-refractivity contribution in [1.29, 1.82) is 0 Å². The Hall–Kier alpha value is -3.30. The molecule has 0 aromatic heterocycles. The van der Waals surface area contributed by atoms with Crippen molar-refractivity contribution in [2.45, 2.75) is 19.3 Å². The summed E-state index contributed by atoms with van der Waals surface area (Å²) in [4.78, 5) is 4.17. The summed E-state index contributed by atoms with van der Waals surface area (Å²) in [5, 5.41) is 6.35. The normalized spacial score (nSPS) is 11.6. The molecule has 0 saturated heterocycles. The monoisotopic (exact) mass is 441 g/mol. The van der Waals surface area contributed by atoms with Crippen molar-refractivity contribution >= 4 is 5.96 Å². The highest BCUT2D eigenvalue weighted by Gasteiger charge is 2.30. The second-order valence-electron chi connectivity index (χ2n) is 6.33. The van der Waals surface area contributed by atoms with E-state index in [4.69, 9.17) is 14.2 Å². The third kappa shape index (κ3) is 7.47. The number of nitrogens with one attached hydrogen (secondary N) is 2. The maximum absolute atomic E-state index is 12.2. The van der Waals surface area contributed by atoms with Gasteiger partial charge in [0.1, 0.15) is 5.75 Å². The molecule has 0 bridgehead atoms. The van der Waals surface area contributed by atoms with Crippen molar-refractivity contribution in [1.82, 2.24) is 10.6 Å². The molecule has 170 valence electrons. The van der Waals surface area contributed by atoms with Gasteiger partial charge in [-0.15, -0.1) is 13.2 Å². The first-order valence-corrected chi connectivity index (χ1v) is 9.37. The molecule has 0 aliphatic rings. The number of aliphatic imine (C=N–C) groups is 1. The fourth-order valence-electron chi connectivity index (χ4n) is 2.83. The largest absolute Gasteiger partial charge is 0.573 e. The van der Waals surface area contributed by atoms with E-state index in [0.29, 0.717) is 42.7 Å². The molecule has 0 saturated carbocycles. The Labute approximate surface area is 179 Å². The van der Waals surface area contributed by atoms with E-state index in [2.05, 4.69) is 20.4 Å².